The molecule has 1 saturated carbocycles. The molecule has 8 nitrogen and oxygen atoms in total. The van der Waals surface area contributed by atoms with Crippen LogP contribution in [0.4, 0.5) is 0 Å². The summed E-state index contributed by atoms with van der Waals surface area (Å²) in [5.41, 5.74) is 5.20. The maximum absolute atomic E-state index is 11.9. The minimum Gasteiger partial charge on any atom is -0.396 e. The van der Waals surface area contributed by atoms with Crippen molar-refractivity contribution in [3.8, 4) is 0 Å². The van der Waals surface area contributed by atoms with Crippen LogP contribution in [0, 0.1) is 17.3 Å². The Kier molecular flexibility index (Phi) is 6.85. The average molecular weight is 403 g/mol. The number of aliphatic hydroxyl groups excluding tert-OH is 3. The molecule has 7 N–H and O–H groups in total. The lowest BCUT2D eigenvalue weighted by Crippen LogP contribution is -2.62. The zero-order chi connectivity index (χ0) is 21.5. The van der Waals surface area contributed by atoms with E-state index in [9.17, 15) is 25.2 Å². The number of ether oxygens (including phenoxy) is 1. The fourth-order valence-electron chi connectivity index (χ4n) is 5.12. The number of carbonyl (C=O) groups is 1. The van der Waals surface area contributed by atoms with Gasteiger partial charge in [0.15, 0.2) is 5.79 Å². The van der Waals surface area contributed by atoms with Gasteiger partial charge in [-0.15, -0.1) is 0 Å². The molecular formula is C20H38N2O6. The molecule has 0 aromatic rings. The Bertz CT molecular complexity index is 567. The largest absolute Gasteiger partial charge is 0.396 e. The van der Waals surface area contributed by atoms with E-state index in [2.05, 4.69) is 19.2 Å². The molecule has 0 radical (unpaired) electrons. The summed E-state index contributed by atoms with van der Waals surface area (Å²) in [5.74, 6) is -3.27. The van der Waals surface area contributed by atoms with Crippen molar-refractivity contribution in [1.29, 1.82) is 0 Å². The van der Waals surface area contributed by atoms with E-state index in [1.807, 2.05) is 13.8 Å². The van der Waals surface area contributed by atoms with E-state index in [0.717, 1.165) is 19.3 Å². The van der Waals surface area contributed by atoms with E-state index in [1.54, 1.807) is 6.92 Å². The number of amides is 1. The second-order valence-corrected chi connectivity index (χ2v) is 10.1. The van der Waals surface area contributed by atoms with Gasteiger partial charge in [-0.1, -0.05) is 20.3 Å². The molecule has 1 aliphatic heterocycles. The summed E-state index contributed by atoms with van der Waals surface area (Å²) < 4.78 is 5.59. The maximum atomic E-state index is 11.9. The van der Waals surface area contributed by atoms with Gasteiger partial charge in [0.1, 0.15) is 0 Å². The molecule has 0 bridgehead atoms. The summed E-state index contributed by atoms with van der Waals surface area (Å²) in [6.45, 7) is 9.46. The first-order valence-corrected chi connectivity index (χ1v) is 10.2. The van der Waals surface area contributed by atoms with Gasteiger partial charge in [0.2, 0.25) is 5.91 Å². The minimum absolute atomic E-state index is 0.0455. The number of nitrogens with one attached hydrogen (secondary N) is 1. The third kappa shape index (κ3) is 4.68. The minimum atomic E-state index is -1.64. The van der Waals surface area contributed by atoms with Crippen LogP contribution in [0.3, 0.4) is 0 Å². The number of fused-ring (bicyclic) bond motifs is 1. The molecule has 1 heterocycles. The second-order valence-electron chi connectivity index (χ2n) is 10.1. The number of aliphatic hydroxyl groups is 4. The van der Waals surface area contributed by atoms with Gasteiger partial charge in [-0.2, -0.15) is 0 Å². The highest BCUT2D eigenvalue weighted by atomic mass is 16.7. The summed E-state index contributed by atoms with van der Waals surface area (Å²) in [4.78, 5) is 11.9. The lowest BCUT2D eigenvalue weighted by Gasteiger charge is -2.50. The molecule has 7 atom stereocenters. The highest BCUT2D eigenvalue weighted by Crippen LogP contribution is 2.54. The molecule has 0 spiro atoms. The van der Waals surface area contributed by atoms with Crippen molar-refractivity contribution < 1.29 is 30.0 Å². The summed E-state index contributed by atoms with van der Waals surface area (Å²) in [5, 5.41) is 43.1. The van der Waals surface area contributed by atoms with E-state index >= 15 is 0 Å². The van der Waals surface area contributed by atoms with Crippen LogP contribution < -0.4 is 11.1 Å². The number of carbonyl (C=O) groups excluding carboxylic acids is 1. The van der Waals surface area contributed by atoms with Gasteiger partial charge in [-0.3, -0.25) is 4.79 Å². The third-order valence-electron chi connectivity index (χ3n) is 6.21. The van der Waals surface area contributed by atoms with Crippen LogP contribution in [0.15, 0.2) is 0 Å². The van der Waals surface area contributed by atoms with Gasteiger partial charge in [-0.05, 0) is 45.4 Å². The van der Waals surface area contributed by atoms with Crippen molar-refractivity contribution in [2.45, 2.75) is 96.0 Å². The van der Waals surface area contributed by atoms with Gasteiger partial charge in [0, 0.05) is 5.54 Å². The Hall–Kier alpha value is -0.770. The monoisotopic (exact) mass is 402 g/mol. The fourth-order valence-corrected chi connectivity index (χ4v) is 5.12. The molecule has 1 aliphatic carbocycles. The normalized spacial score (nSPS) is 36.6. The second kappa shape index (κ2) is 8.16. The highest BCUT2D eigenvalue weighted by Gasteiger charge is 2.69. The number of rotatable bonds is 9. The lowest BCUT2D eigenvalue weighted by atomic mass is 9.75. The molecule has 164 valence electrons. The van der Waals surface area contributed by atoms with Crippen LogP contribution in [0.5, 0.6) is 0 Å². The fraction of sp³-hybridized carbons (Fsp3) is 0.950. The van der Waals surface area contributed by atoms with Crippen LogP contribution in [-0.4, -0.2) is 68.6 Å². The number of nitrogens with two attached hydrogens (primary N) is 1. The molecule has 7 unspecified atom stereocenters. The van der Waals surface area contributed by atoms with Crippen LogP contribution in [-0.2, 0) is 9.53 Å². The molecule has 2 rings (SSSR count). The third-order valence-corrected chi connectivity index (χ3v) is 6.21. The molecule has 1 amide bonds. The van der Waals surface area contributed by atoms with Crippen molar-refractivity contribution in [2.24, 2.45) is 23.0 Å². The Morgan fingerprint density at radius 1 is 1.25 bits per heavy atom. The smallest absolute Gasteiger partial charge is 0.237 e. The molecule has 1 saturated heterocycles. The van der Waals surface area contributed by atoms with Gasteiger partial charge >= 0.3 is 0 Å². The van der Waals surface area contributed by atoms with Crippen LogP contribution in [0.1, 0.15) is 60.3 Å². The first-order chi connectivity index (χ1) is 12.7. The molecule has 2 aliphatic rings. The first-order valence-electron chi connectivity index (χ1n) is 10.2. The molecule has 28 heavy (non-hydrogen) atoms. The molecule has 8 heteroatoms. The van der Waals surface area contributed by atoms with E-state index in [1.165, 1.54) is 0 Å². The molecule has 0 aromatic carbocycles. The van der Waals surface area contributed by atoms with Gasteiger partial charge in [0.25, 0.3) is 0 Å². The summed E-state index contributed by atoms with van der Waals surface area (Å²) in [6, 6.07) is -0.548. The first kappa shape index (κ1) is 23.5. The van der Waals surface area contributed by atoms with Crippen LogP contribution >= 0.6 is 0 Å². The SMILES string of the molecule is CC(N)C(=O)NC(C)(C)CC(C)(C)CCCC1OC2(O)C(CO)C(O)C(O)C12. The zero-order valence-electron chi connectivity index (χ0n) is 17.7. The Morgan fingerprint density at radius 2 is 1.86 bits per heavy atom. The number of hydrogen-bond donors (Lipinski definition) is 6. The zero-order valence-corrected chi connectivity index (χ0v) is 17.7. The lowest BCUT2D eigenvalue weighted by molar-refractivity contribution is -0.381. The molecule has 2 fully saturated rings. The summed E-state index contributed by atoms with van der Waals surface area (Å²) >= 11 is 0. The van der Waals surface area contributed by atoms with E-state index < -0.39 is 42.5 Å². The standard InChI is InChI=1S/C20H38N2O6/c1-11(21)17(26)22-19(4,5)10-18(2,3)8-6-7-13-14-16(25)15(24)12(9-23)20(14,27)28-13/h11-16,23-25,27H,6-10,21H2,1-5H3,(H,22,26). The topological polar surface area (TPSA) is 145 Å². The van der Waals surface area contributed by atoms with Gasteiger partial charge < -0.3 is 36.2 Å². The predicted octanol–water partition coefficient (Wildman–Crippen LogP) is -0.137. The van der Waals surface area contributed by atoms with Crippen molar-refractivity contribution in [1.82, 2.24) is 5.32 Å². The number of hydrogen-bond acceptors (Lipinski definition) is 7. The summed E-state index contributed by atoms with van der Waals surface area (Å²) in [7, 11) is 0. The van der Waals surface area contributed by atoms with Crippen molar-refractivity contribution in [3.63, 3.8) is 0 Å². The molecular weight excluding hydrogens is 364 g/mol. The predicted molar refractivity (Wildman–Crippen MR) is 104 cm³/mol. The van der Waals surface area contributed by atoms with E-state index in [0.29, 0.717) is 6.42 Å². The van der Waals surface area contributed by atoms with E-state index in [4.69, 9.17) is 10.5 Å². The van der Waals surface area contributed by atoms with Crippen molar-refractivity contribution in [2.75, 3.05) is 6.61 Å². The maximum Gasteiger partial charge on any atom is 0.237 e. The summed E-state index contributed by atoms with van der Waals surface area (Å²) in [6.07, 6.45) is 0.479. The molecule has 0 aromatic heterocycles. The van der Waals surface area contributed by atoms with Gasteiger partial charge in [-0.25, -0.2) is 0 Å². The van der Waals surface area contributed by atoms with Crippen LogP contribution in [0.2, 0.25) is 0 Å². The van der Waals surface area contributed by atoms with Crippen molar-refractivity contribution in [3.05, 3.63) is 0 Å². The Labute approximate surface area is 167 Å². The Balaban J connectivity index is 1.84. The van der Waals surface area contributed by atoms with E-state index in [-0.39, 0.29) is 23.0 Å². The highest BCUT2D eigenvalue weighted by molar-refractivity contribution is 5.81. The van der Waals surface area contributed by atoms with Gasteiger partial charge in [0.05, 0.1) is 42.8 Å². The Morgan fingerprint density at radius 3 is 2.39 bits per heavy atom. The van der Waals surface area contributed by atoms with Crippen LogP contribution in [0.25, 0.3) is 0 Å². The van der Waals surface area contributed by atoms with Crippen molar-refractivity contribution >= 4 is 5.91 Å². The quantitative estimate of drug-likeness (QED) is 0.315. The average Bonchev–Trinajstić information content (AvgIpc) is 2.65.